The van der Waals surface area contributed by atoms with Gasteiger partial charge in [0.2, 0.25) is 0 Å². The number of hydrogen-bond acceptors (Lipinski definition) is 3. The molecule has 0 unspecified atom stereocenters. The van der Waals surface area contributed by atoms with Crippen molar-refractivity contribution in [3.8, 4) is 0 Å². The van der Waals surface area contributed by atoms with Gasteiger partial charge in [0.05, 0.1) is 6.61 Å². The first-order valence-corrected chi connectivity index (χ1v) is 3.99. The Hall–Kier alpha value is -0.410. The summed E-state index contributed by atoms with van der Waals surface area (Å²) in [7, 11) is 0. The average molecular weight is 159 g/mol. The summed E-state index contributed by atoms with van der Waals surface area (Å²) < 4.78 is 0. The van der Waals surface area contributed by atoms with Crippen molar-refractivity contribution in [3.05, 3.63) is 0 Å². The first-order chi connectivity index (χ1) is 5.13. The highest BCUT2D eigenvalue weighted by atomic mass is 16.6. The second kappa shape index (κ2) is 6.31. The predicted octanol–water partition coefficient (Wildman–Crippen LogP) is 1.29. The van der Waals surface area contributed by atoms with Crippen molar-refractivity contribution in [2.24, 2.45) is 0 Å². The van der Waals surface area contributed by atoms with Crippen LogP contribution in [0.15, 0.2) is 0 Å². The van der Waals surface area contributed by atoms with Gasteiger partial charge < -0.3 is 9.63 Å². The van der Waals surface area contributed by atoms with Gasteiger partial charge in [0.1, 0.15) is 5.78 Å². The largest absolute Gasteiger partial charge is 0.302 e. The Morgan fingerprint density at radius 3 is 2.64 bits per heavy atom. The number of hydrogen-bond donors (Lipinski definition) is 1. The highest BCUT2D eigenvalue weighted by Crippen LogP contribution is 1.90. The summed E-state index contributed by atoms with van der Waals surface area (Å²) in [6.45, 7) is 6.21. The van der Waals surface area contributed by atoms with Crippen LogP contribution in [-0.2, 0) is 9.63 Å². The molecule has 0 spiro atoms. The molecule has 0 radical (unpaired) electrons. The number of rotatable bonds is 6. The lowest BCUT2D eigenvalue weighted by molar-refractivity contribution is -0.117. The highest BCUT2D eigenvalue weighted by molar-refractivity contribution is 5.75. The molecule has 0 aromatic heterocycles. The lowest BCUT2D eigenvalue weighted by Crippen LogP contribution is -2.23. The molecule has 0 aliphatic heterocycles. The Balaban J connectivity index is 2.97. The van der Waals surface area contributed by atoms with Crippen LogP contribution in [0.3, 0.4) is 0 Å². The summed E-state index contributed by atoms with van der Waals surface area (Å²) in [5.41, 5.74) is 2.81. The lowest BCUT2D eigenvalue weighted by atomic mass is 10.2. The van der Waals surface area contributed by atoms with Crippen LogP contribution in [0.1, 0.15) is 33.6 Å². The maximum Gasteiger partial charge on any atom is 0.129 e. The SMILES string of the molecule is CC(=O)CCCONC(C)C. The third-order valence-corrected chi connectivity index (χ3v) is 1.09. The molecule has 3 heteroatoms. The van der Waals surface area contributed by atoms with Crippen molar-refractivity contribution in [3.63, 3.8) is 0 Å². The number of Topliss-reactive ketones (excluding diaryl/α,β-unsaturated/α-hetero) is 1. The highest BCUT2D eigenvalue weighted by Gasteiger charge is 1.94. The second-order valence-corrected chi connectivity index (χ2v) is 2.93. The number of ketones is 1. The quantitative estimate of drug-likeness (QED) is 0.468. The minimum atomic E-state index is 0.221. The Bertz CT molecular complexity index is 113. The Morgan fingerprint density at radius 2 is 2.18 bits per heavy atom. The number of carbonyl (C=O) groups is 1. The summed E-state index contributed by atoms with van der Waals surface area (Å²) in [4.78, 5) is 15.5. The van der Waals surface area contributed by atoms with Crippen LogP contribution in [0.2, 0.25) is 0 Å². The van der Waals surface area contributed by atoms with Crippen molar-refractivity contribution in [1.82, 2.24) is 5.48 Å². The third kappa shape index (κ3) is 9.59. The zero-order valence-corrected chi connectivity index (χ0v) is 7.52. The predicted molar refractivity (Wildman–Crippen MR) is 44.1 cm³/mol. The molecule has 0 rings (SSSR count). The van der Waals surface area contributed by atoms with Gasteiger partial charge in [0.15, 0.2) is 0 Å². The van der Waals surface area contributed by atoms with Gasteiger partial charge in [-0.15, -0.1) is 0 Å². The van der Waals surface area contributed by atoms with Gasteiger partial charge in [0.25, 0.3) is 0 Å². The van der Waals surface area contributed by atoms with Crippen molar-refractivity contribution >= 4 is 5.78 Å². The maximum absolute atomic E-state index is 10.5. The first-order valence-electron chi connectivity index (χ1n) is 3.99. The fourth-order valence-corrected chi connectivity index (χ4v) is 0.619. The molecule has 11 heavy (non-hydrogen) atoms. The molecule has 66 valence electrons. The monoisotopic (exact) mass is 159 g/mol. The van der Waals surface area contributed by atoms with Gasteiger partial charge in [-0.1, -0.05) is 0 Å². The molecule has 0 atom stereocenters. The van der Waals surface area contributed by atoms with Gasteiger partial charge in [-0.3, -0.25) is 0 Å². The van der Waals surface area contributed by atoms with E-state index >= 15 is 0 Å². The van der Waals surface area contributed by atoms with Gasteiger partial charge in [-0.2, -0.15) is 0 Å². The molecule has 3 nitrogen and oxygen atoms in total. The molecule has 0 fully saturated rings. The molecule has 0 aromatic rings. The fraction of sp³-hybridized carbons (Fsp3) is 0.875. The van der Waals surface area contributed by atoms with Gasteiger partial charge >= 0.3 is 0 Å². The van der Waals surface area contributed by atoms with Gasteiger partial charge in [-0.25, -0.2) is 5.48 Å². The fourth-order valence-electron chi connectivity index (χ4n) is 0.619. The van der Waals surface area contributed by atoms with E-state index in [1.807, 2.05) is 13.8 Å². The smallest absolute Gasteiger partial charge is 0.129 e. The molecule has 0 saturated carbocycles. The average Bonchev–Trinajstić information content (AvgIpc) is 1.85. The first kappa shape index (κ1) is 10.6. The summed E-state index contributed by atoms with van der Waals surface area (Å²) in [5, 5.41) is 0. The Labute approximate surface area is 68.1 Å². The van der Waals surface area contributed by atoms with E-state index in [1.165, 1.54) is 0 Å². The number of carbonyl (C=O) groups excluding carboxylic acids is 1. The van der Waals surface area contributed by atoms with E-state index in [0.29, 0.717) is 19.1 Å². The zero-order chi connectivity index (χ0) is 8.69. The van der Waals surface area contributed by atoms with E-state index in [2.05, 4.69) is 5.48 Å². The van der Waals surface area contributed by atoms with E-state index in [9.17, 15) is 4.79 Å². The van der Waals surface area contributed by atoms with E-state index in [1.54, 1.807) is 6.92 Å². The molecular formula is C8H17NO2. The lowest BCUT2D eigenvalue weighted by Gasteiger charge is -2.07. The van der Waals surface area contributed by atoms with Crippen molar-refractivity contribution in [2.45, 2.75) is 39.7 Å². The summed E-state index contributed by atoms with van der Waals surface area (Å²) >= 11 is 0. The molecule has 0 saturated heterocycles. The van der Waals surface area contributed by atoms with E-state index in [-0.39, 0.29) is 5.78 Å². The van der Waals surface area contributed by atoms with Crippen LogP contribution in [0, 0.1) is 0 Å². The summed E-state index contributed by atoms with van der Waals surface area (Å²) in [6.07, 6.45) is 1.41. The molecule has 0 aromatic carbocycles. The zero-order valence-electron chi connectivity index (χ0n) is 7.52. The third-order valence-electron chi connectivity index (χ3n) is 1.09. The number of hydroxylamine groups is 1. The van der Waals surface area contributed by atoms with Crippen LogP contribution in [0.4, 0.5) is 0 Å². The van der Waals surface area contributed by atoms with Crippen molar-refractivity contribution in [2.75, 3.05) is 6.61 Å². The minimum absolute atomic E-state index is 0.221. The van der Waals surface area contributed by atoms with Crippen molar-refractivity contribution < 1.29 is 9.63 Å². The van der Waals surface area contributed by atoms with E-state index in [0.717, 1.165) is 6.42 Å². The van der Waals surface area contributed by atoms with Crippen LogP contribution in [-0.4, -0.2) is 18.4 Å². The van der Waals surface area contributed by atoms with Crippen LogP contribution in [0.25, 0.3) is 0 Å². The molecule has 1 N–H and O–H groups in total. The minimum Gasteiger partial charge on any atom is -0.302 e. The Kier molecular flexibility index (Phi) is 6.07. The van der Waals surface area contributed by atoms with E-state index < -0.39 is 0 Å². The second-order valence-electron chi connectivity index (χ2n) is 2.93. The van der Waals surface area contributed by atoms with Crippen LogP contribution >= 0.6 is 0 Å². The maximum atomic E-state index is 10.5. The summed E-state index contributed by atoms with van der Waals surface area (Å²) in [5.74, 6) is 0.221. The standard InChI is InChI=1S/C8H17NO2/c1-7(2)9-11-6-4-5-8(3)10/h7,9H,4-6H2,1-3H3. The molecule has 0 bridgehead atoms. The molecular weight excluding hydrogens is 142 g/mol. The molecule has 0 heterocycles. The number of nitrogens with one attached hydrogen (secondary N) is 1. The Morgan fingerprint density at radius 1 is 1.55 bits per heavy atom. The molecule has 0 amide bonds. The van der Waals surface area contributed by atoms with E-state index in [4.69, 9.17) is 4.84 Å². The normalized spacial score (nSPS) is 10.5. The molecule has 0 aliphatic rings. The van der Waals surface area contributed by atoms with Crippen molar-refractivity contribution in [1.29, 1.82) is 0 Å². The molecule has 0 aliphatic carbocycles. The van der Waals surface area contributed by atoms with Crippen LogP contribution in [0.5, 0.6) is 0 Å². The van der Waals surface area contributed by atoms with Crippen LogP contribution < -0.4 is 5.48 Å². The van der Waals surface area contributed by atoms with Gasteiger partial charge in [-0.05, 0) is 27.2 Å². The van der Waals surface area contributed by atoms with Gasteiger partial charge in [0, 0.05) is 12.5 Å². The topological polar surface area (TPSA) is 38.3 Å². The summed E-state index contributed by atoms with van der Waals surface area (Å²) in [6, 6.07) is 0.340.